The highest BCUT2D eigenvalue weighted by Gasteiger charge is 2.16. The summed E-state index contributed by atoms with van der Waals surface area (Å²) >= 11 is 0.989. The molecule has 2 aromatic carbocycles. The number of fused-ring (bicyclic) bond motifs is 1. The summed E-state index contributed by atoms with van der Waals surface area (Å²) < 4.78 is 41.6. The third-order valence-corrected chi connectivity index (χ3v) is 4.84. The van der Waals surface area contributed by atoms with Gasteiger partial charge in [0.05, 0.1) is 5.56 Å². The van der Waals surface area contributed by atoms with Crippen molar-refractivity contribution in [2.45, 2.75) is 17.7 Å². The third-order valence-electron chi connectivity index (χ3n) is 3.83. The molecule has 1 aromatic heterocycles. The minimum absolute atomic E-state index is 0.0681. The van der Waals surface area contributed by atoms with E-state index in [4.69, 9.17) is 5.41 Å². The lowest BCUT2D eigenvalue weighted by Crippen LogP contribution is -1.98. The van der Waals surface area contributed by atoms with Crippen LogP contribution in [0.1, 0.15) is 16.7 Å². The average molecular weight is 362 g/mol. The van der Waals surface area contributed by atoms with Crippen LogP contribution in [0, 0.1) is 29.8 Å². The van der Waals surface area contributed by atoms with Gasteiger partial charge in [-0.15, -0.1) is 11.8 Å². The molecule has 0 atom stereocenters. The number of halogens is 3. The molecule has 0 saturated heterocycles. The molecule has 7 heteroatoms. The maximum absolute atomic E-state index is 14.1. The molecule has 3 nitrogen and oxygen atoms in total. The minimum Gasteiger partial charge on any atom is -0.493 e. The molecule has 0 saturated carbocycles. The molecular weight excluding hydrogens is 349 g/mol. The first kappa shape index (κ1) is 17.3. The number of hydrogen-bond acceptors (Lipinski definition) is 4. The fourth-order valence-electron chi connectivity index (χ4n) is 2.51. The van der Waals surface area contributed by atoms with Gasteiger partial charge in [0.1, 0.15) is 22.5 Å². The van der Waals surface area contributed by atoms with Gasteiger partial charge in [-0.2, -0.15) is 0 Å². The van der Waals surface area contributed by atoms with Gasteiger partial charge >= 0.3 is 0 Å². The first-order chi connectivity index (χ1) is 11.9. The maximum Gasteiger partial charge on any atom is 0.221 e. The van der Waals surface area contributed by atoms with Gasteiger partial charge in [-0.05, 0) is 36.1 Å². The van der Waals surface area contributed by atoms with Crippen molar-refractivity contribution in [1.29, 1.82) is 5.41 Å². The molecule has 0 radical (unpaired) electrons. The highest BCUT2D eigenvalue weighted by molar-refractivity contribution is 7.98. The van der Waals surface area contributed by atoms with E-state index < -0.39 is 17.5 Å². The van der Waals surface area contributed by atoms with E-state index in [1.54, 1.807) is 0 Å². The summed E-state index contributed by atoms with van der Waals surface area (Å²) in [5.41, 5.74) is 0.377. The number of hydrogen-bond donors (Lipinski definition) is 2. The number of aromatic hydroxyl groups is 1. The Morgan fingerprint density at radius 2 is 1.92 bits per heavy atom. The van der Waals surface area contributed by atoms with E-state index in [0.717, 1.165) is 18.0 Å². The molecular formula is C18H13F3N2OS. The van der Waals surface area contributed by atoms with Crippen LogP contribution in [0.15, 0.2) is 35.4 Å². The normalized spacial score (nSPS) is 11.0. The fraction of sp³-hybridized carbons (Fsp3) is 0.111. The van der Waals surface area contributed by atoms with Crippen molar-refractivity contribution >= 4 is 28.7 Å². The van der Waals surface area contributed by atoms with E-state index in [2.05, 4.69) is 4.98 Å². The number of pyridine rings is 1. The largest absolute Gasteiger partial charge is 0.493 e. The number of nitrogens with one attached hydrogen (secondary N) is 1. The average Bonchev–Trinajstić information content (AvgIpc) is 2.58. The summed E-state index contributed by atoms with van der Waals surface area (Å²) in [5, 5.41) is 18.4. The Morgan fingerprint density at radius 3 is 2.64 bits per heavy atom. The van der Waals surface area contributed by atoms with Crippen LogP contribution >= 0.6 is 11.8 Å². The molecule has 0 amide bonds. The Bertz CT molecular complexity index is 992. The molecule has 25 heavy (non-hydrogen) atoms. The number of aromatic nitrogens is 1. The molecule has 3 aromatic rings. The minimum atomic E-state index is -0.675. The zero-order valence-electron chi connectivity index (χ0n) is 13.1. The predicted octanol–water partition coefficient (Wildman–Crippen LogP) is 4.96. The van der Waals surface area contributed by atoms with Crippen LogP contribution in [-0.2, 0) is 5.75 Å². The smallest absolute Gasteiger partial charge is 0.221 e. The molecule has 2 N–H and O–H groups in total. The molecule has 0 aliphatic heterocycles. The van der Waals surface area contributed by atoms with E-state index in [9.17, 15) is 18.3 Å². The summed E-state index contributed by atoms with van der Waals surface area (Å²) in [5.74, 6) is -2.27. The topological polar surface area (TPSA) is 57.0 Å². The molecule has 1 heterocycles. The SMILES string of the molecule is Cc1ccc(F)c(CSc2nc(O)c(C=N)c3ccc(F)cc23)c1F. The highest BCUT2D eigenvalue weighted by Crippen LogP contribution is 2.35. The molecule has 3 rings (SSSR count). The van der Waals surface area contributed by atoms with Crippen LogP contribution in [0.4, 0.5) is 13.2 Å². The standard InChI is InChI=1S/C18H13F3N2OS/c1-9-2-5-15(20)14(16(9)21)8-25-18-12-6-10(19)3-4-11(12)13(7-22)17(24)23-18/h2-7,22H,8H2,1H3,(H,23,24). The molecule has 0 unspecified atom stereocenters. The predicted molar refractivity (Wildman–Crippen MR) is 91.9 cm³/mol. The Balaban J connectivity index is 2.07. The number of rotatable bonds is 4. The molecule has 0 bridgehead atoms. The molecule has 0 spiro atoms. The van der Waals surface area contributed by atoms with Crippen LogP contribution in [0.3, 0.4) is 0 Å². The van der Waals surface area contributed by atoms with E-state index >= 15 is 0 Å². The molecule has 128 valence electrons. The van der Waals surface area contributed by atoms with Crippen LogP contribution in [0.2, 0.25) is 0 Å². The van der Waals surface area contributed by atoms with Gasteiger partial charge in [-0.25, -0.2) is 18.2 Å². The molecule has 0 aliphatic rings. The maximum atomic E-state index is 14.1. The second-order valence-corrected chi connectivity index (χ2v) is 6.40. The Labute approximate surface area is 146 Å². The van der Waals surface area contributed by atoms with Gasteiger partial charge in [0.2, 0.25) is 5.88 Å². The highest BCUT2D eigenvalue weighted by atomic mass is 32.2. The van der Waals surface area contributed by atoms with Crippen LogP contribution in [0.25, 0.3) is 10.8 Å². The number of nitrogens with zero attached hydrogens (tertiary/aromatic N) is 1. The van der Waals surface area contributed by atoms with Crippen LogP contribution < -0.4 is 0 Å². The van der Waals surface area contributed by atoms with Crippen molar-refractivity contribution in [2.75, 3.05) is 0 Å². The quantitative estimate of drug-likeness (QED) is 0.510. The van der Waals surface area contributed by atoms with Crippen molar-refractivity contribution in [2.24, 2.45) is 0 Å². The third kappa shape index (κ3) is 3.19. The number of thioether (sulfide) groups is 1. The summed E-state index contributed by atoms with van der Waals surface area (Å²) in [6, 6.07) is 6.41. The summed E-state index contributed by atoms with van der Waals surface area (Å²) in [4.78, 5) is 3.97. The molecule has 0 fully saturated rings. The Kier molecular flexibility index (Phi) is 4.67. The van der Waals surface area contributed by atoms with Crippen molar-refractivity contribution < 1.29 is 18.3 Å². The van der Waals surface area contributed by atoms with Gasteiger partial charge in [0.15, 0.2) is 0 Å². The van der Waals surface area contributed by atoms with Crippen molar-refractivity contribution in [3.05, 3.63) is 64.5 Å². The van der Waals surface area contributed by atoms with Crippen LogP contribution in [-0.4, -0.2) is 16.3 Å². The van der Waals surface area contributed by atoms with Gasteiger partial charge in [-0.3, -0.25) is 0 Å². The zero-order valence-corrected chi connectivity index (χ0v) is 13.9. The van der Waals surface area contributed by atoms with Crippen molar-refractivity contribution in [1.82, 2.24) is 4.98 Å². The van der Waals surface area contributed by atoms with Gasteiger partial charge in [0, 0.05) is 22.9 Å². The lowest BCUT2D eigenvalue weighted by atomic mass is 10.1. The fourth-order valence-corrected chi connectivity index (χ4v) is 3.53. The second kappa shape index (κ2) is 6.76. The first-order valence-corrected chi connectivity index (χ1v) is 8.30. The van der Waals surface area contributed by atoms with Crippen molar-refractivity contribution in [3.8, 4) is 5.88 Å². The van der Waals surface area contributed by atoms with E-state index in [1.165, 1.54) is 37.3 Å². The van der Waals surface area contributed by atoms with Crippen LogP contribution in [0.5, 0.6) is 5.88 Å². The first-order valence-electron chi connectivity index (χ1n) is 7.31. The Morgan fingerprint density at radius 1 is 1.16 bits per heavy atom. The second-order valence-electron chi connectivity index (χ2n) is 5.43. The van der Waals surface area contributed by atoms with Gasteiger partial charge in [-0.1, -0.05) is 12.1 Å². The number of benzene rings is 2. The summed E-state index contributed by atoms with van der Waals surface area (Å²) in [6.45, 7) is 1.54. The van der Waals surface area contributed by atoms with E-state index in [0.29, 0.717) is 16.3 Å². The van der Waals surface area contributed by atoms with Gasteiger partial charge < -0.3 is 10.5 Å². The van der Waals surface area contributed by atoms with Crippen molar-refractivity contribution in [3.63, 3.8) is 0 Å². The van der Waals surface area contributed by atoms with Gasteiger partial charge in [0.25, 0.3) is 0 Å². The lowest BCUT2D eigenvalue weighted by Gasteiger charge is -2.11. The zero-order chi connectivity index (χ0) is 18.1. The van der Waals surface area contributed by atoms with E-state index in [-0.39, 0.29) is 27.8 Å². The summed E-state index contributed by atoms with van der Waals surface area (Å²) in [6.07, 6.45) is 0.927. The lowest BCUT2D eigenvalue weighted by molar-refractivity contribution is 0.449. The number of aryl methyl sites for hydroxylation is 1. The van der Waals surface area contributed by atoms with E-state index in [1.807, 2.05) is 0 Å². The monoisotopic (exact) mass is 362 g/mol. The molecule has 0 aliphatic carbocycles. The summed E-state index contributed by atoms with van der Waals surface area (Å²) in [7, 11) is 0. The Hall–Kier alpha value is -2.54.